The molecule has 1 spiro atoms. The largest absolute Gasteiger partial charge is 0.313 e. The molecule has 0 unspecified atom stereocenters. The van der Waals surface area contributed by atoms with Gasteiger partial charge >= 0.3 is 0 Å². The molecule has 0 amide bonds. The fourth-order valence-corrected chi connectivity index (χ4v) is 3.28. The molecule has 3 aliphatic rings. The molecule has 2 heterocycles. The van der Waals surface area contributed by atoms with Crippen molar-refractivity contribution in [2.45, 2.75) is 44.6 Å². The van der Waals surface area contributed by atoms with E-state index >= 15 is 0 Å². The van der Waals surface area contributed by atoms with Gasteiger partial charge in [-0.25, -0.2) is 0 Å². The maximum absolute atomic E-state index is 3.61. The van der Waals surface area contributed by atoms with E-state index in [1.807, 2.05) is 0 Å². The van der Waals surface area contributed by atoms with Crippen LogP contribution >= 0.6 is 12.4 Å². The second-order valence-corrected chi connectivity index (χ2v) is 5.63. The van der Waals surface area contributed by atoms with E-state index in [4.69, 9.17) is 0 Å². The van der Waals surface area contributed by atoms with E-state index in [0.29, 0.717) is 0 Å². The SMILES string of the molecule is C1CN[C@H](CN2CCCC3(CC3)C2)C1.Cl. The zero-order valence-corrected chi connectivity index (χ0v) is 10.3. The molecule has 0 bridgehead atoms. The van der Waals surface area contributed by atoms with Gasteiger partial charge in [0.15, 0.2) is 0 Å². The van der Waals surface area contributed by atoms with E-state index in [1.165, 1.54) is 64.7 Å². The summed E-state index contributed by atoms with van der Waals surface area (Å²) in [5, 5.41) is 3.61. The van der Waals surface area contributed by atoms with Crippen LogP contribution in [-0.4, -0.2) is 37.1 Å². The molecule has 0 aromatic heterocycles. The third-order valence-corrected chi connectivity index (χ3v) is 4.34. The first-order valence-electron chi connectivity index (χ1n) is 6.32. The molecule has 0 radical (unpaired) electrons. The summed E-state index contributed by atoms with van der Waals surface area (Å²) in [7, 11) is 0. The summed E-state index contributed by atoms with van der Waals surface area (Å²) in [4.78, 5) is 2.72. The number of piperidine rings is 1. The summed E-state index contributed by atoms with van der Waals surface area (Å²) in [6, 6.07) is 0.809. The smallest absolute Gasteiger partial charge is 0.0195 e. The molecule has 3 heteroatoms. The topological polar surface area (TPSA) is 15.3 Å². The molecular formula is C12H23ClN2. The van der Waals surface area contributed by atoms with Crippen molar-refractivity contribution in [3.05, 3.63) is 0 Å². The quantitative estimate of drug-likeness (QED) is 0.781. The first kappa shape index (κ1) is 11.7. The van der Waals surface area contributed by atoms with Gasteiger partial charge in [0.2, 0.25) is 0 Å². The number of nitrogens with one attached hydrogen (secondary N) is 1. The van der Waals surface area contributed by atoms with Crippen molar-refractivity contribution in [1.29, 1.82) is 0 Å². The molecule has 1 N–H and O–H groups in total. The Labute approximate surface area is 99.2 Å². The zero-order valence-electron chi connectivity index (χ0n) is 9.50. The fraction of sp³-hybridized carbons (Fsp3) is 1.00. The number of hydrogen-bond acceptors (Lipinski definition) is 2. The van der Waals surface area contributed by atoms with Gasteiger partial charge in [-0.15, -0.1) is 12.4 Å². The van der Waals surface area contributed by atoms with Crippen LogP contribution in [0.25, 0.3) is 0 Å². The summed E-state index contributed by atoms with van der Waals surface area (Å²) >= 11 is 0. The highest BCUT2D eigenvalue weighted by molar-refractivity contribution is 5.85. The van der Waals surface area contributed by atoms with Crippen molar-refractivity contribution in [3.8, 4) is 0 Å². The highest BCUT2D eigenvalue weighted by Crippen LogP contribution is 2.51. The third-order valence-electron chi connectivity index (χ3n) is 4.34. The van der Waals surface area contributed by atoms with Crippen LogP contribution in [0.2, 0.25) is 0 Å². The minimum atomic E-state index is 0. The van der Waals surface area contributed by atoms with Gasteiger partial charge in [0, 0.05) is 19.1 Å². The summed E-state index contributed by atoms with van der Waals surface area (Å²) in [6.45, 7) is 5.34. The Hall–Kier alpha value is 0.210. The van der Waals surface area contributed by atoms with Gasteiger partial charge < -0.3 is 10.2 Å². The minimum absolute atomic E-state index is 0. The Kier molecular flexibility index (Phi) is 3.59. The lowest BCUT2D eigenvalue weighted by molar-refractivity contribution is 0.150. The molecule has 2 saturated heterocycles. The van der Waals surface area contributed by atoms with E-state index in [0.717, 1.165) is 11.5 Å². The van der Waals surface area contributed by atoms with Crippen molar-refractivity contribution in [2.75, 3.05) is 26.2 Å². The lowest BCUT2D eigenvalue weighted by atomic mass is 9.95. The van der Waals surface area contributed by atoms with E-state index < -0.39 is 0 Å². The van der Waals surface area contributed by atoms with Crippen LogP contribution in [-0.2, 0) is 0 Å². The molecule has 1 aliphatic carbocycles. The summed E-state index contributed by atoms with van der Waals surface area (Å²) < 4.78 is 0. The van der Waals surface area contributed by atoms with Crippen molar-refractivity contribution in [3.63, 3.8) is 0 Å². The maximum Gasteiger partial charge on any atom is 0.0195 e. The maximum atomic E-state index is 3.61. The van der Waals surface area contributed by atoms with E-state index in [-0.39, 0.29) is 12.4 Å². The fourth-order valence-electron chi connectivity index (χ4n) is 3.28. The lowest BCUT2D eigenvalue weighted by Crippen LogP contribution is -2.43. The van der Waals surface area contributed by atoms with Gasteiger partial charge in [0.05, 0.1) is 0 Å². The van der Waals surface area contributed by atoms with E-state index in [9.17, 15) is 0 Å². The standard InChI is InChI=1S/C12H22N2.ClH/c1-3-11(13-7-1)9-14-8-2-4-12(10-14)5-6-12;/h11,13H,1-10H2;1H/t11-;/m0./s1. The first-order valence-corrected chi connectivity index (χ1v) is 6.32. The van der Waals surface area contributed by atoms with Gasteiger partial charge in [0.1, 0.15) is 0 Å². The molecule has 0 aromatic rings. The van der Waals surface area contributed by atoms with Crippen molar-refractivity contribution >= 4 is 12.4 Å². The predicted molar refractivity (Wildman–Crippen MR) is 65.6 cm³/mol. The van der Waals surface area contributed by atoms with Gasteiger partial charge in [0.25, 0.3) is 0 Å². The molecule has 15 heavy (non-hydrogen) atoms. The van der Waals surface area contributed by atoms with Crippen molar-refractivity contribution in [1.82, 2.24) is 10.2 Å². The molecule has 2 aliphatic heterocycles. The first-order chi connectivity index (χ1) is 6.86. The number of nitrogens with zero attached hydrogens (tertiary/aromatic N) is 1. The predicted octanol–water partition coefficient (Wildman–Crippen LogP) is 2.04. The summed E-state index contributed by atoms with van der Waals surface area (Å²) in [6.07, 6.45) is 8.80. The van der Waals surface area contributed by atoms with E-state index in [2.05, 4.69) is 10.2 Å². The molecule has 1 saturated carbocycles. The van der Waals surface area contributed by atoms with Crippen LogP contribution in [0.5, 0.6) is 0 Å². The van der Waals surface area contributed by atoms with Crippen LogP contribution in [0.4, 0.5) is 0 Å². The Morgan fingerprint density at radius 3 is 2.73 bits per heavy atom. The highest BCUT2D eigenvalue weighted by Gasteiger charge is 2.45. The van der Waals surface area contributed by atoms with Gasteiger partial charge in [-0.1, -0.05) is 0 Å². The average molecular weight is 231 g/mol. The van der Waals surface area contributed by atoms with Crippen molar-refractivity contribution in [2.24, 2.45) is 5.41 Å². The van der Waals surface area contributed by atoms with Crippen LogP contribution in [0.3, 0.4) is 0 Å². The normalized spacial score (nSPS) is 34.0. The number of likely N-dealkylation sites (tertiary alicyclic amines) is 1. The highest BCUT2D eigenvalue weighted by atomic mass is 35.5. The molecule has 88 valence electrons. The molecular weight excluding hydrogens is 208 g/mol. The second-order valence-electron chi connectivity index (χ2n) is 5.63. The average Bonchev–Trinajstić information content (AvgIpc) is 2.75. The molecule has 1 atom stereocenters. The van der Waals surface area contributed by atoms with Gasteiger partial charge in [-0.3, -0.25) is 0 Å². The molecule has 2 nitrogen and oxygen atoms in total. The van der Waals surface area contributed by atoms with Crippen LogP contribution in [0, 0.1) is 5.41 Å². The van der Waals surface area contributed by atoms with Crippen LogP contribution < -0.4 is 5.32 Å². The Bertz CT molecular complexity index is 210. The molecule has 0 aromatic carbocycles. The Morgan fingerprint density at radius 1 is 1.20 bits per heavy atom. The summed E-state index contributed by atoms with van der Waals surface area (Å²) in [5.41, 5.74) is 0.802. The Balaban J connectivity index is 0.000000853. The van der Waals surface area contributed by atoms with Crippen LogP contribution in [0.1, 0.15) is 38.5 Å². The van der Waals surface area contributed by atoms with Gasteiger partial charge in [-0.05, 0) is 57.0 Å². The number of hydrogen-bond donors (Lipinski definition) is 1. The lowest BCUT2D eigenvalue weighted by Gasteiger charge is -2.34. The van der Waals surface area contributed by atoms with Crippen molar-refractivity contribution < 1.29 is 0 Å². The number of rotatable bonds is 2. The molecule has 3 rings (SSSR count). The van der Waals surface area contributed by atoms with Crippen LogP contribution in [0.15, 0.2) is 0 Å². The van der Waals surface area contributed by atoms with E-state index in [1.54, 1.807) is 0 Å². The monoisotopic (exact) mass is 230 g/mol. The number of halogens is 1. The Morgan fingerprint density at radius 2 is 2.07 bits per heavy atom. The molecule has 3 fully saturated rings. The summed E-state index contributed by atoms with van der Waals surface area (Å²) in [5.74, 6) is 0. The van der Waals surface area contributed by atoms with Gasteiger partial charge in [-0.2, -0.15) is 0 Å². The minimum Gasteiger partial charge on any atom is -0.313 e. The third kappa shape index (κ3) is 2.66. The zero-order chi connectivity index (χ0) is 9.43. The second kappa shape index (κ2) is 4.60.